The van der Waals surface area contributed by atoms with E-state index in [1.807, 2.05) is 36.4 Å². The summed E-state index contributed by atoms with van der Waals surface area (Å²) in [6, 6.07) is 3.76. The van der Waals surface area contributed by atoms with Crippen molar-refractivity contribution in [2.45, 2.75) is 12.0 Å². The third-order valence-electron chi connectivity index (χ3n) is 2.08. The Morgan fingerprint density at radius 3 is 2.92 bits per heavy atom. The van der Waals surface area contributed by atoms with Crippen molar-refractivity contribution in [1.29, 1.82) is 0 Å². The van der Waals surface area contributed by atoms with Crippen LogP contribution in [0.15, 0.2) is 47.1 Å². The third kappa shape index (κ3) is 1.10. The van der Waals surface area contributed by atoms with E-state index in [-0.39, 0.29) is 0 Å². The largest absolute Gasteiger partial charge is 0.467 e. The molecule has 1 aromatic rings. The van der Waals surface area contributed by atoms with Crippen LogP contribution >= 0.6 is 0 Å². The third-order valence-corrected chi connectivity index (χ3v) is 2.08. The standard InChI is InChI=1S/C10H11NO/c11-10(6-2-1-3-7-10)9-5-4-8-12-9/h1-6,8H,7,11H2. The molecular weight excluding hydrogens is 150 g/mol. The van der Waals surface area contributed by atoms with Gasteiger partial charge in [-0.2, -0.15) is 0 Å². The highest BCUT2D eigenvalue weighted by Crippen LogP contribution is 2.26. The van der Waals surface area contributed by atoms with E-state index in [0.717, 1.165) is 12.2 Å². The predicted octanol–water partition coefficient (Wildman–Crippen LogP) is 1.95. The SMILES string of the molecule is NC1(c2ccco2)C=CC=CC1. The zero-order valence-corrected chi connectivity index (χ0v) is 6.73. The van der Waals surface area contributed by atoms with Crippen LogP contribution in [0.3, 0.4) is 0 Å². The molecule has 0 fully saturated rings. The Morgan fingerprint density at radius 2 is 2.33 bits per heavy atom. The van der Waals surface area contributed by atoms with Crippen LogP contribution in [-0.2, 0) is 5.54 Å². The van der Waals surface area contributed by atoms with E-state index in [1.54, 1.807) is 6.26 Å². The lowest BCUT2D eigenvalue weighted by atomic mass is 9.90. The first kappa shape index (κ1) is 7.37. The van der Waals surface area contributed by atoms with Gasteiger partial charge in [-0.15, -0.1) is 0 Å². The second-order valence-corrected chi connectivity index (χ2v) is 3.01. The molecule has 12 heavy (non-hydrogen) atoms. The summed E-state index contributed by atoms with van der Waals surface area (Å²) in [7, 11) is 0. The van der Waals surface area contributed by atoms with Crippen molar-refractivity contribution in [2.75, 3.05) is 0 Å². The van der Waals surface area contributed by atoms with Crippen molar-refractivity contribution >= 4 is 0 Å². The van der Waals surface area contributed by atoms with Crippen LogP contribution in [0, 0.1) is 0 Å². The van der Waals surface area contributed by atoms with Crippen LogP contribution in [0.25, 0.3) is 0 Å². The van der Waals surface area contributed by atoms with Crippen LogP contribution in [0.2, 0.25) is 0 Å². The van der Waals surface area contributed by atoms with Gasteiger partial charge in [0.2, 0.25) is 0 Å². The maximum Gasteiger partial charge on any atom is 0.127 e. The van der Waals surface area contributed by atoms with Crippen LogP contribution < -0.4 is 5.73 Å². The zero-order valence-electron chi connectivity index (χ0n) is 6.73. The van der Waals surface area contributed by atoms with Gasteiger partial charge in [0, 0.05) is 0 Å². The first-order chi connectivity index (χ1) is 5.81. The van der Waals surface area contributed by atoms with Gasteiger partial charge >= 0.3 is 0 Å². The minimum atomic E-state index is -0.432. The van der Waals surface area contributed by atoms with Gasteiger partial charge in [-0.1, -0.05) is 24.3 Å². The average Bonchev–Trinajstić information content (AvgIpc) is 2.58. The minimum Gasteiger partial charge on any atom is -0.467 e. The van der Waals surface area contributed by atoms with E-state index in [1.165, 1.54) is 0 Å². The summed E-state index contributed by atoms with van der Waals surface area (Å²) in [5, 5.41) is 0. The summed E-state index contributed by atoms with van der Waals surface area (Å²) < 4.78 is 5.27. The highest BCUT2D eigenvalue weighted by atomic mass is 16.3. The molecule has 62 valence electrons. The molecule has 2 heteroatoms. The van der Waals surface area contributed by atoms with Crippen LogP contribution in [0.4, 0.5) is 0 Å². The second-order valence-electron chi connectivity index (χ2n) is 3.01. The van der Waals surface area contributed by atoms with Gasteiger partial charge in [-0.3, -0.25) is 0 Å². The van der Waals surface area contributed by atoms with Crippen molar-refractivity contribution in [3.05, 3.63) is 48.5 Å². The molecule has 1 atom stereocenters. The van der Waals surface area contributed by atoms with E-state index in [0.29, 0.717) is 0 Å². The molecule has 0 aliphatic heterocycles. The molecule has 1 aromatic heterocycles. The van der Waals surface area contributed by atoms with Crippen molar-refractivity contribution in [1.82, 2.24) is 0 Å². The van der Waals surface area contributed by atoms with Crippen molar-refractivity contribution in [2.24, 2.45) is 5.73 Å². The molecule has 0 saturated carbocycles. The molecule has 1 unspecified atom stereocenters. The highest BCUT2D eigenvalue weighted by molar-refractivity contribution is 5.27. The number of hydrogen-bond donors (Lipinski definition) is 1. The average molecular weight is 161 g/mol. The fourth-order valence-corrected chi connectivity index (χ4v) is 1.36. The Kier molecular flexibility index (Phi) is 1.62. The van der Waals surface area contributed by atoms with Gasteiger partial charge in [0.25, 0.3) is 0 Å². The van der Waals surface area contributed by atoms with Crippen LogP contribution in [0.1, 0.15) is 12.2 Å². The zero-order chi connectivity index (χ0) is 8.44. The lowest BCUT2D eigenvalue weighted by Gasteiger charge is -2.23. The molecule has 0 bridgehead atoms. The van der Waals surface area contributed by atoms with E-state index < -0.39 is 5.54 Å². The lowest BCUT2D eigenvalue weighted by Crippen LogP contribution is -2.34. The molecule has 0 saturated heterocycles. The van der Waals surface area contributed by atoms with E-state index >= 15 is 0 Å². The summed E-state index contributed by atoms with van der Waals surface area (Å²) in [5.74, 6) is 0.822. The molecule has 2 nitrogen and oxygen atoms in total. The van der Waals surface area contributed by atoms with E-state index in [9.17, 15) is 0 Å². The Balaban J connectivity index is 2.34. The monoisotopic (exact) mass is 161 g/mol. The molecule has 2 N–H and O–H groups in total. The van der Waals surface area contributed by atoms with Crippen molar-refractivity contribution < 1.29 is 4.42 Å². The maximum atomic E-state index is 6.09. The molecule has 0 radical (unpaired) electrons. The number of allylic oxidation sites excluding steroid dienone is 2. The molecule has 0 aromatic carbocycles. The molecule has 0 spiro atoms. The number of hydrogen-bond acceptors (Lipinski definition) is 2. The fraction of sp³-hybridized carbons (Fsp3) is 0.200. The fourth-order valence-electron chi connectivity index (χ4n) is 1.36. The first-order valence-corrected chi connectivity index (χ1v) is 3.98. The summed E-state index contributed by atoms with van der Waals surface area (Å²) in [5.41, 5.74) is 5.66. The predicted molar refractivity (Wildman–Crippen MR) is 47.5 cm³/mol. The van der Waals surface area contributed by atoms with Gasteiger partial charge in [0.05, 0.1) is 11.8 Å². The Labute approximate surface area is 71.4 Å². The number of nitrogens with two attached hydrogens (primary N) is 1. The molecule has 1 aliphatic rings. The summed E-state index contributed by atoms with van der Waals surface area (Å²) in [6.07, 6.45) is 10.4. The van der Waals surface area contributed by atoms with Gasteiger partial charge in [0.15, 0.2) is 0 Å². The lowest BCUT2D eigenvalue weighted by molar-refractivity contribution is 0.403. The molecule has 2 rings (SSSR count). The Bertz CT molecular complexity index is 311. The number of furan rings is 1. The molecular formula is C10H11NO. The normalized spacial score (nSPS) is 27.8. The van der Waals surface area contributed by atoms with Crippen LogP contribution in [0.5, 0.6) is 0 Å². The summed E-state index contributed by atoms with van der Waals surface area (Å²) >= 11 is 0. The van der Waals surface area contributed by atoms with Gasteiger partial charge in [-0.25, -0.2) is 0 Å². The van der Waals surface area contributed by atoms with Gasteiger partial charge < -0.3 is 10.2 Å². The highest BCUT2D eigenvalue weighted by Gasteiger charge is 2.26. The molecule has 1 heterocycles. The summed E-state index contributed by atoms with van der Waals surface area (Å²) in [4.78, 5) is 0. The van der Waals surface area contributed by atoms with Crippen molar-refractivity contribution in [3.8, 4) is 0 Å². The van der Waals surface area contributed by atoms with Crippen molar-refractivity contribution in [3.63, 3.8) is 0 Å². The first-order valence-electron chi connectivity index (χ1n) is 3.98. The second kappa shape index (κ2) is 2.64. The number of rotatable bonds is 1. The minimum absolute atomic E-state index is 0.432. The van der Waals surface area contributed by atoms with Crippen LogP contribution in [-0.4, -0.2) is 0 Å². The maximum absolute atomic E-state index is 6.09. The van der Waals surface area contributed by atoms with Gasteiger partial charge in [-0.05, 0) is 18.6 Å². The van der Waals surface area contributed by atoms with Gasteiger partial charge in [0.1, 0.15) is 5.76 Å². The quantitative estimate of drug-likeness (QED) is 0.683. The Hall–Kier alpha value is -1.28. The molecule has 1 aliphatic carbocycles. The summed E-state index contributed by atoms with van der Waals surface area (Å²) in [6.45, 7) is 0. The topological polar surface area (TPSA) is 39.2 Å². The van der Waals surface area contributed by atoms with E-state index in [2.05, 4.69) is 0 Å². The Morgan fingerprint density at radius 1 is 1.42 bits per heavy atom. The van der Waals surface area contributed by atoms with E-state index in [4.69, 9.17) is 10.2 Å². The smallest absolute Gasteiger partial charge is 0.127 e. The molecule has 0 amide bonds.